The van der Waals surface area contributed by atoms with Crippen LogP contribution in [0.15, 0.2) is 60.7 Å². The molecule has 0 bridgehead atoms. The van der Waals surface area contributed by atoms with Gasteiger partial charge in [-0.2, -0.15) is 0 Å². The van der Waals surface area contributed by atoms with Gasteiger partial charge in [-0.15, -0.1) is 11.3 Å². The topological polar surface area (TPSA) is 54.0 Å². The van der Waals surface area contributed by atoms with Gasteiger partial charge >= 0.3 is 0 Å². The molecule has 4 aromatic rings. The fourth-order valence-corrected chi connectivity index (χ4v) is 5.03. The Bertz CT molecular complexity index is 1240. The van der Waals surface area contributed by atoms with E-state index in [-0.39, 0.29) is 5.91 Å². The maximum Gasteiger partial charge on any atom is 0.257 e. The maximum absolute atomic E-state index is 12.8. The zero-order chi connectivity index (χ0) is 20.5. The molecule has 30 heavy (non-hydrogen) atoms. The monoisotopic (exact) mass is 413 g/mol. The first-order chi connectivity index (χ1) is 14.7. The minimum Gasteiger partial charge on any atom is -0.312 e. The molecule has 1 aliphatic rings. The van der Waals surface area contributed by atoms with Crippen LogP contribution in [0.1, 0.15) is 37.6 Å². The maximum atomic E-state index is 12.8. The Kier molecular flexibility index (Phi) is 5.07. The standard InChI is InChI=1S/C25H23N3OS/c1-16-23(14-19-7-4-6-17-5-2-3-8-22(17)19)30-25(27-16)28-24(29)20-9-10-21-15-26-12-11-18(21)13-20/h2-10,13,26H,11-12,14-15H2,1H3,(H,27,28,29). The highest BCUT2D eigenvalue weighted by molar-refractivity contribution is 7.15. The molecule has 1 aliphatic heterocycles. The van der Waals surface area contributed by atoms with Crippen molar-refractivity contribution in [2.75, 3.05) is 11.9 Å². The Labute approximate surface area is 180 Å². The summed E-state index contributed by atoms with van der Waals surface area (Å²) in [5, 5.41) is 9.53. The number of anilines is 1. The highest BCUT2D eigenvalue weighted by Gasteiger charge is 2.15. The van der Waals surface area contributed by atoms with E-state index in [2.05, 4.69) is 64.1 Å². The quantitative estimate of drug-likeness (QED) is 0.490. The van der Waals surface area contributed by atoms with Gasteiger partial charge in [-0.3, -0.25) is 10.1 Å². The van der Waals surface area contributed by atoms with Gasteiger partial charge in [-0.1, -0.05) is 48.5 Å². The van der Waals surface area contributed by atoms with Crippen LogP contribution in [-0.2, 0) is 19.4 Å². The van der Waals surface area contributed by atoms with Gasteiger partial charge in [-0.25, -0.2) is 4.98 Å². The number of rotatable bonds is 4. The lowest BCUT2D eigenvalue weighted by Crippen LogP contribution is -2.24. The van der Waals surface area contributed by atoms with Crippen molar-refractivity contribution in [3.8, 4) is 0 Å². The van der Waals surface area contributed by atoms with Crippen LogP contribution >= 0.6 is 11.3 Å². The normalized spacial score (nSPS) is 13.2. The van der Waals surface area contributed by atoms with Gasteiger partial charge in [-0.05, 0) is 59.5 Å². The van der Waals surface area contributed by atoms with Crippen molar-refractivity contribution < 1.29 is 4.79 Å². The summed E-state index contributed by atoms with van der Waals surface area (Å²) < 4.78 is 0. The number of nitrogens with one attached hydrogen (secondary N) is 2. The summed E-state index contributed by atoms with van der Waals surface area (Å²) in [4.78, 5) is 18.6. The second-order valence-corrected chi connectivity index (χ2v) is 8.79. The summed E-state index contributed by atoms with van der Waals surface area (Å²) in [6.45, 7) is 3.85. The number of aromatic nitrogens is 1. The van der Waals surface area contributed by atoms with E-state index in [9.17, 15) is 4.79 Å². The smallest absolute Gasteiger partial charge is 0.257 e. The van der Waals surface area contributed by atoms with Gasteiger partial charge in [0.2, 0.25) is 0 Å². The molecule has 0 aliphatic carbocycles. The van der Waals surface area contributed by atoms with Crippen LogP contribution < -0.4 is 10.6 Å². The average Bonchev–Trinajstić information content (AvgIpc) is 3.12. The first-order valence-electron chi connectivity index (χ1n) is 10.2. The van der Waals surface area contributed by atoms with Crippen molar-refractivity contribution in [2.45, 2.75) is 26.3 Å². The Hall–Kier alpha value is -3.02. The molecule has 0 saturated carbocycles. The molecule has 0 fully saturated rings. The Morgan fingerprint density at radius 3 is 2.90 bits per heavy atom. The number of carbonyl (C=O) groups excluding carboxylic acids is 1. The summed E-state index contributed by atoms with van der Waals surface area (Å²) in [7, 11) is 0. The van der Waals surface area contributed by atoms with Crippen molar-refractivity contribution in [3.63, 3.8) is 0 Å². The van der Waals surface area contributed by atoms with E-state index in [1.54, 1.807) is 11.3 Å². The zero-order valence-electron chi connectivity index (χ0n) is 16.9. The molecule has 150 valence electrons. The van der Waals surface area contributed by atoms with Crippen LogP contribution in [0, 0.1) is 6.92 Å². The number of hydrogen-bond donors (Lipinski definition) is 2. The molecular weight excluding hydrogens is 390 g/mol. The number of benzene rings is 3. The fraction of sp³-hybridized carbons (Fsp3) is 0.200. The van der Waals surface area contributed by atoms with E-state index in [0.29, 0.717) is 10.7 Å². The predicted octanol–water partition coefficient (Wildman–Crippen LogP) is 5.09. The van der Waals surface area contributed by atoms with Gasteiger partial charge in [0, 0.05) is 23.4 Å². The molecule has 0 spiro atoms. The third-order valence-electron chi connectivity index (χ3n) is 5.70. The molecule has 2 N–H and O–H groups in total. The third-order valence-corrected chi connectivity index (χ3v) is 6.77. The Morgan fingerprint density at radius 2 is 1.97 bits per heavy atom. The van der Waals surface area contributed by atoms with Gasteiger partial charge in [0.15, 0.2) is 5.13 Å². The number of amides is 1. The molecule has 5 rings (SSSR count). The van der Waals surface area contributed by atoms with Crippen LogP contribution in [-0.4, -0.2) is 17.4 Å². The lowest BCUT2D eigenvalue weighted by molar-refractivity contribution is 0.102. The van der Waals surface area contributed by atoms with E-state index >= 15 is 0 Å². The molecule has 5 heteroatoms. The van der Waals surface area contributed by atoms with E-state index in [4.69, 9.17) is 0 Å². The summed E-state index contributed by atoms with van der Waals surface area (Å²) in [6.07, 6.45) is 1.77. The first-order valence-corrected chi connectivity index (χ1v) is 11.1. The molecule has 2 heterocycles. The van der Waals surface area contributed by atoms with Crippen LogP contribution in [0.4, 0.5) is 5.13 Å². The molecule has 0 unspecified atom stereocenters. The van der Waals surface area contributed by atoms with Gasteiger partial charge in [0.05, 0.1) is 5.69 Å². The second kappa shape index (κ2) is 8.01. The molecule has 0 saturated heterocycles. The van der Waals surface area contributed by atoms with Crippen molar-refractivity contribution >= 4 is 33.1 Å². The van der Waals surface area contributed by atoms with Crippen LogP contribution in [0.3, 0.4) is 0 Å². The van der Waals surface area contributed by atoms with Crippen LogP contribution in [0.25, 0.3) is 10.8 Å². The van der Waals surface area contributed by atoms with Crippen molar-refractivity contribution in [3.05, 3.63) is 93.5 Å². The fourth-order valence-electron chi connectivity index (χ4n) is 4.05. The number of nitrogens with zero attached hydrogens (tertiary/aromatic N) is 1. The van der Waals surface area contributed by atoms with Crippen LogP contribution in [0.5, 0.6) is 0 Å². The molecule has 4 nitrogen and oxygen atoms in total. The number of fused-ring (bicyclic) bond motifs is 2. The van der Waals surface area contributed by atoms with E-state index in [0.717, 1.165) is 31.6 Å². The third kappa shape index (κ3) is 3.74. The largest absolute Gasteiger partial charge is 0.312 e. The minimum absolute atomic E-state index is 0.0956. The summed E-state index contributed by atoms with van der Waals surface area (Å²) in [5.74, 6) is -0.0956. The predicted molar refractivity (Wildman–Crippen MR) is 123 cm³/mol. The van der Waals surface area contributed by atoms with Crippen LogP contribution in [0.2, 0.25) is 0 Å². The second-order valence-electron chi connectivity index (χ2n) is 7.71. The lowest BCUT2D eigenvalue weighted by atomic mass is 9.98. The highest BCUT2D eigenvalue weighted by Crippen LogP contribution is 2.28. The lowest BCUT2D eigenvalue weighted by Gasteiger charge is -2.17. The highest BCUT2D eigenvalue weighted by atomic mass is 32.1. The minimum atomic E-state index is -0.0956. The molecule has 0 atom stereocenters. The van der Waals surface area contributed by atoms with Gasteiger partial charge < -0.3 is 5.32 Å². The number of thiazole rings is 1. The SMILES string of the molecule is Cc1nc(NC(=O)c2ccc3c(c2)CCNC3)sc1Cc1cccc2ccccc12. The zero-order valence-corrected chi connectivity index (χ0v) is 17.7. The van der Waals surface area contributed by atoms with E-state index in [1.165, 1.54) is 32.3 Å². The molecule has 3 aromatic carbocycles. The average molecular weight is 414 g/mol. The molecule has 1 aromatic heterocycles. The first kappa shape index (κ1) is 19.0. The van der Waals surface area contributed by atoms with Crippen molar-refractivity contribution in [1.82, 2.24) is 10.3 Å². The number of hydrogen-bond acceptors (Lipinski definition) is 4. The summed E-state index contributed by atoms with van der Waals surface area (Å²) in [6, 6.07) is 20.8. The molecular formula is C25H23N3OS. The van der Waals surface area contributed by atoms with E-state index in [1.807, 2.05) is 19.1 Å². The van der Waals surface area contributed by atoms with Gasteiger partial charge in [0.25, 0.3) is 5.91 Å². The van der Waals surface area contributed by atoms with Crippen molar-refractivity contribution in [2.24, 2.45) is 0 Å². The number of aryl methyl sites for hydroxylation is 1. The van der Waals surface area contributed by atoms with Crippen molar-refractivity contribution in [1.29, 1.82) is 0 Å². The van der Waals surface area contributed by atoms with Gasteiger partial charge in [0.1, 0.15) is 0 Å². The van der Waals surface area contributed by atoms with E-state index < -0.39 is 0 Å². The summed E-state index contributed by atoms with van der Waals surface area (Å²) in [5.41, 5.74) is 5.48. The summed E-state index contributed by atoms with van der Waals surface area (Å²) >= 11 is 1.56. The number of carbonyl (C=O) groups is 1. The molecule has 0 radical (unpaired) electrons. The molecule has 1 amide bonds. The Balaban J connectivity index is 1.36. The Morgan fingerprint density at radius 1 is 1.10 bits per heavy atom.